The minimum Gasteiger partial charge on any atom is -0.337 e. The third-order valence-corrected chi connectivity index (χ3v) is 2.62. The van der Waals surface area contributed by atoms with Crippen LogP contribution in [0.15, 0.2) is 18.2 Å². The van der Waals surface area contributed by atoms with Gasteiger partial charge in [-0.25, -0.2) is 4.79 Å². The molecule has 0 bridgehead atoms. The molecule has 0 saturated carbocycles. The lowest BCUT2D eigenvalue weighted by Gasteiger charge is -2.13. The maximum atomic E-state index is 11.6. The second-order valence-corrected chi connectivity index (χ2v) is 4.52. The first-order valence-corrected chi connectivity index (χ1v) is 5.83. The number of likely N-dealkylation sites (N-methyl/N-ethyl adjacent to an activating group) is 1. The Morgan fingerprint density at radius 2 is 2.12 bits per heavy atom. The Morgan fingerprint density at radius 1 is 1.41 bits per heavy atom. The van der Waals surface area contributed by atoms with Gasteiger partial charge in [-0.2, -0.15) is 0 Å². The molecule has 0 atom stereocenters. The van der Waals surface area contributed by atoms with Gasteiger partial charge in [-0.3, -0.25) is 0 Å². The largest absolute Gasteiger partial charge is 0.337 e. The van der Waals surface area contributed by atoms with Crippen molar-refractivity contribution in [1.29, 1.82) is 0 Å². The van der Waals surface area contributed by atoms with Gasteiger partial charge in [-0.15, -0.1) is 0 Å². The summed E-state index contributed by atoms with van der Waals surface area (Å²) in [6.45, 7) is 3.30. The third-order valence-electron chi connectivity index (χ3n) is 2.31. The Kier molecular flexibility index (Phi) is 5.25. The van der Waals surface area contributed by atoms with Crippen LogP contribution in [0.1, 0.15) is 5.56 Å². The fourth-order valence-electron chi connectivity index (χ4n) is 1.34. The van der Waals surface area contributed by atoms with Crippen LogP contribution < -0.4 is 10.6 Å². The highest BCUT2D eigenvalue weighted by Crippen LogP contribution is 2.24. The van der Waals surface area contributed by atoms with Crippen molar-refractivity contribution in [2.45, 2.75) is 6.92 Å². The Morgan fingerprint density at radius 3 is 2.71 bits per heavy atom. The lowest BCUT2D eigenvalue weighted by Crippen LogP contribution is -2.34. The summed E-state index contributed by atoms with van der Waals surface area (Å²) in [7, 11) is 3.91. The van der Waals surface area contributed by atoms with Crippen molar-refractivity contribution < 1.29 is 4.79 Å². The molecule has 0 saturated heterocycles. The van der Waals surface area contributed by atoms with Gasteiger partial charge < -0.3 is 15.5 Å². The second-order valence-electron chi connectivity index (χ2n) is 4.12. The van der Waals surface area contributed by atoms with Crippen LogP contribution in [0.25, 0.3) is 0 Å². The first kappa shape index (κ1) is 13.8. The SMILES string of the molecule is Cc1cccc(Cl)c1NC(=O)NCCN(C)C. The number of amides is 2. The fraction of sp³-hybridized carbons (Fsp3) is 0.417. The number of carbonyl (C=O) groups excluding carboxylic acids is 1. The van der Waals surface area contributed by atoms with Gasteiger partial charge in [0.05, 0.1) is 10.7 Å². The molecule has 0 aliphatic carbocycles. The smallest absolute Gasteiger partial charge is 0.319 e. The monoisotopic (exact) mass is 255 g/mol. The molecule has 94 valence electrons. The minimum atomic E-state index is -0.233. The summed E-state index contributed by atoms with van der Waals surface area (Å²) >= 11 is 6.01. The molecule has 5 heteroatoms. The molecule has 2 amide bonds. The topological polar surface area (TPSA) is 44.4 Å². The Hall–Kier alpha value is -1.26. The molecular weight excluding hydrogens is 238 g/mol. The molecule has 17 heavy (non-hydrogen) atoms. The number of hydrogen-bond donors (Lipinski definition) is 2. The number of benzene rings is 1. The van der Waals surface area contributed by atoms with Gasteiger partial charge in [0.2, 0.25) is 0 Å². The molecule has 0 spiro atoms. The molecule has 0 unspecified atom stereocenters. The number of anilines is 1. The average Bonchev–Trinajstić information content (AvgIpc) is 2.23. The van der Waals surface area contributed by atoms with Crippen LogP contribution in [0.3, 0.4) is 0 Å². The predicted molar refractivity (Wildman–Crippen MR) is 71.8 cm³/mol. The summed E-state index contributed by atoms with van der Waals surface area (Å²) in [5.41, 5.74) is 1.61. The van der Waals surface area contributed by atoms with Gasteiger partial charge in [0.25, 0.3) is 0 Å². The van der Waals surface area contributed by atoms with Crippen LogP contribution in [-0.2, 0) is 0 Å². The minimum absolute atomic E-state index is 0.233. The van der Waals surface area contributed by atoms with Crippen molar-refractivity contribution in [2.75, 3.05) is 32.5 Å². The summed E-state index contributed by atoms with van der Waals surface area (Å²) in [5.74, 6) is 0. The Balaban J connectivity index is 2.51. The molecule has 1 aromatic carbocycles. The van der Waals surface area contributed by atoms with E-state index in [1.54, 1.807) is 6.07 Å². The van der Waals surface area contributed by atoms with E-state index in [0.717, 1.165) is 12.1 Å². The first-order valence-electron chi connectivity index (χ1n) is 5.45. The third kappa shape index (κ3) is 4.63. The van der Waals surface area contributed by atoms with E-state index in [1.807, 2.05) is 38.1 Å². The Bertz CT molecular complexity index is 373. The zero-order chi connectivity index (χ0) is 12.8. The van der Waals surface area contributed by atoms with Crippen LogP contribution in [-0.4, -0.2) is 38.1 Å². The van der Waals surface area contributed by atoms with E-state index in [4.69, 9.17) is 11.6 Å². The molecular formula is C12H18ClN3O. The fourth-order valence-corrected chi connectivity index (χ4v) is 1.61. The standard InChI is InChI=1S/C12H18ClN3O/c1-9-5-4-6-10(13)11(9)15-12(17)14-7-8-16(2)3/h4-6H,7-8H2,1-3H3,(H2,14,15,17). The number of para-hydroxylation sites is 1. The van der Waals surface area contributed by atoms with E-state index in [-0.39, 0.29) is 6.03 Å². The number of aryl methyl sites for hydroxylation is 1. The molecule has 0 aromatic heterocycles. The number of rotatable bonds is 4. The van der Waals surface area contributed by atoms with Crippen molar-refractivity contribution in [3.8, 4) is 0 Å². The van der Waals surface area contributed by atoms with E-state index >= 15 is 0 Å². The van der Waals surface area contributed by atoms with E-state index in [0.29, 0.717) is 17.3 Å². The number of urea groups is 1. The van der Waals surface area contributed by atoms with Gasteiger partial charge in [-0.05, 0) is 32.6 Å². The van der Waals surface area contributed by atoms with Crippen LogP contribution in [0.5, 0.6) is 0 Å². The molecule has 2 N–H and O–H groups in total. The summed E-state index contributed by atoms with van der Waals surface area (Å²) in [6, 6.07) is 5.28. The Labute approximate surface area is 107 Å². The molecule has 1 aromatic rings. The number of hydrogen-bond acceptors (Lipinski definition) is 2. The van der Waals surface area contributed by atoms with Gasteiger partial charge >= 0.3 is 6.03 Å². The first-order chi connectivity index (χ1) is 8.00. The number of nitrogens with one attached hydrogen (secondary N) is 2. The van der Waals surface area contributed by atoms with Crippen LogP contribution in [0.2, 0.25) is 5.02 Å². The van der Waals surface area contributed by atoms with Crippen molar-refractivity contribution in [2.24, 2.45) is 0 Å². The molecule has 1 rings (SSSR count). The maximum absolute atomic E-state index is 11.6. The van der Waals surface area contributed by atoms with E-state index < -0.39 is 0 Å². The normalized spacial score (nSPS) is 10.4. The van der Waals surface area contributed by atoms with Crippen molar-refractivity contribution >= 4 is 23.3 Å². The summed E-state index contributed by atoms with van der Waals surface area (Å²) < 4.78 is 0. The van der Waals surface area contributed by atoms with Crippen LogP contribution in [0.4, 0.5) is 10.5 Å². The zero-order valence-corrected chi connectivity index (χ0v) is 11.1. The second kappa shape index (κ2) is 6.47. The molecule has 0 fully saturated rings. The van der Waals surface area contributed by atoms with Crippen LogP contribution >= 0.6 is 11.6 Å². The van der Waals surface area contributed by atoms with Gasteiger partial charge in [0.15, 0.2) is 0 Å². The van der Waals surface area contributed by atoms with E-state index in [2.05, 4.69) is 10.6 Å². The van der Waals surface area contributed by atoms with E-state index in [9.17, 15) is 4.79 Å². The van der Waals surface area contributed by atoms with Gasteiger partial charge in [-0.1, -0.05) is 23.7 Å². The molecule has 0 heterocycles. The maximum Gasteiger partial charge on any atom is 0.319 e. The molecule has 4 nitrogen and oxygen atoms in total. The molecule has 0 radical (unpaired) electrons. The molecule has 0 aliphatic rings. The zero-order valence-electron chi connectivity index (χ0n) is 10.4. The van der Waals surface area contributed by atoms with Crippen molar-refractivity contribution in [3.05, 3.63) is 28.8 Å². The van der Waals surface area contributed by atoms with Gasteiger partial charge in [0, 0.05) is 13.1 Å². The average molecular weight is 256 g/mol. The number of nitrogens with zero attached hydrogens (tertiary/aromatic N) is 1. The highest BCUT2D eigenvalue weighted by atomic mass is 35.5. The quantitative estimate of drug-likeness (QED) is 0.867. The summed E-state index contributed by atoms with van der Waals surface area (Å²) in [5, 5.41) is 6.07. The lowest BCUT2D eigenvalue weighted by atomic mass is 10.2. The van der Waals surface area contributed by atoms with Gasteiger partial charge in [0.1, 0.15) is 0 Å². The molecule has 0 aliphatic heterocycles. The van der Waals surface area contributed by atoms with Crippen LogP contribution in [0, 0.1) is 6.92 Å². The van der Waals surface area contributed by atoms with Crippen molar-refractivity contribution in [3.63, 3.8) is 0 Å². The summed E-state index contributed by atoms with van der Waals surface area (Å²) in [6.07, 6.45) is 0. The highest BCUT2D eigenvalue weighted by Gasteiger charge is 2.07. The van der Waals surface area contributed by atoms with Crippen molar-refractivity contribution in [1.82, 2.24) is 10.2 Å². The number of carbonyl (C=O) groups is 1. The summed E-state index contributed by atoms with van der Waals surface area (Å²) in [4.78, 5) is 13.6. The lowest BCUT2D eigenvalue weighted by molar-refractivity contribution is 0.250. The highest BCUT2D eigenvalue weighted by molar-refractivity contribution is 6.33. The number of halogens is 1. The van der Waals surface area contributed by atoms with E-state index in [1.165, 1.54) is 0 Å². The predicted octanol–water partition coefficient (Wildman–Crippen LogP) is 2.33.